The Hall–Kier alpha value is -7.84. The van der Waals surface area contributed by atoms with Crippen molar-refractivity contribution < 1.29 is 13.2 Å². The minimum Gasteiger partial charge on any atom is -0.309 e. The molecule has 2 aromatic heterocycles. The summed E-state index contributed by atoms with van der Waals surface area (Å²) in [4.78, 5) is 7.35. The standard InChI is InChI=1S/C42H18F3N7/c1-49-27-10-14-39-33(18-27)32-17-26(23-48)9-13-38(32)52(39)41-20-35(50-2)29(28-5-3-4-6-34(28)42(43,44)45)19-40(41)51-36-11-7-24(21-46)15-30(36)31-16-25(22-47)8-12-37(31)51/h3-20H. The fourth-order valence-corrected chi connectivity index (χ4v) is 7.03. The summed E-state index contributed by atoms with van der Waals surface area (Å²) < 4.78 is 47.2. The molecule has 0 saturated heterocycles. The van der Waals surface area contributed by atoms with E-state index in [0.717, 1.165) is 6.07 Å². The van der Waals surface area contributed by atoms with Gasteiger partial charge < -0.3 is 9.13 Å². The van der Waals surface area contributed by atoms with E-state index >= 15 is 0 Å². The molecule has 0 N–H and O–H groups in total. The van der Waals surface area contributed by atoms with Gasteiger partial charge in [0.1, 0.15) is 0 Å². The summed E-state index contributed by atoms with van der Waals surface area (Å²) >= 11 is 0. The molecule has 0 radical (unpaired) electrons. The number of benzene rings is 6. The Kier molecular flexibility index (Phi) is 7.04. The quantitative estimate of drug-likeness (QED) is 0.174. The van der Waals surface area contributed by atoms with Crippen LogP contribution in [0.15, 0.2) is 109 Å². The summed E-state index contributed by atoms with van der Waals surface area (Å²) in [6.07, 6.45) is -4.71. The Morgan fingerprint density at radius 3 is 1.44 bits per heavy atom. The lowest BCUT2D eigenvalue weighted by Gasteiger charge is -2.21. The number of aromatic nitrogens is 2. The monoisotopic (exact) mass is 677 g/mol. The van der Waals surface area contributed by atoms with Crippen molar-refractivity contribution in [2.24, 2.45) is 0 Å². The van der Waals surface area contributed by atoms with Crippen LogP contribution in [-0.2, 0) is 6.18 Å². The van der Waals surface area contributed by atoms with E-state index in [1.807, 2.05) is 9.13 Å². The van der Waals surface area contributed by atoms with Gasteiger partial charge in [0, 0.05) is 16.2 Å². The number of hydrogen-bond donors (Lipinski definition) is 0. The average molecular weight is 678 g/mol. The molecule has 0 aliphatic rings. The molecule has 242 valence electrons. The number of hydrogen-bond acceptors (Lipinski definition) is 3. The van der Waals surface area contributed by atoms with Gasteiger partial charge in [-0.25, -0.2) is 9.69 Å². The van der Waals surface area contributed by atoms with Crippen LogP contribution in [0.25, 0.3) is 75.8 Å². The Morgan fingerprint density at radius 2 is 0.981 bits per heavy atom. The maximum absolute atomic E-state index is 14.5. The Morgan fingerprint density at radius 1 is 0.519 bits per heavy atom. The second kappa shape index (κ2) is 11.6. The predicted octanol–water partition coefficient (Wildman–Crippen LogP) is 11.3. The molecule has 8 rings (SSSR count). The molecular weight excluding hydrogens is 660 g/mol. The summed E-state index contributed by atoms with van der Waals surface area (Å²) in [7, 11) is 0. The highest BCUT2D eigenvalue weighted by atomic mass is 19.4. The molecule has 0 saturated carbocycles. The maximum atomic E-state index is 14.5. The van der Waals surface area contributed by atoms with Crippen LogP contribution in [0.3, 0.4) is 0 Å². The van der Waals surface area contributed by atoms with Gasteiger partial charge >= 0.3 is 6.18 Å². The first-order chi connectivity index (χ1) is 25.2. The number of alkyl halides is 3. The summed E-state index contributed by atoms with van der Waals surface area (Å²) in [6, 6.07) is 35.3. The first-order valence-electron chi connectivity index (χ1n) is 15.7. The Bertz CT molecular complexity index is 2930. The van der Waals surface area contributed by atoms with Gasteiger partial charge in [0.2, 0.25) is 0 Å². The lowest BCUT2D eigenvalue weighted by molar-refractivity contribution is -0.137. The normalized spacial score (nSPS) is 11.3. The molecule has 0 spiro atoms. The van der Waals surface area contributed by atoms with E-state index < -0.39 is 11.7 Å². The van der Waals surface area contributed by atoms with Gasteiger partial charge in [0.15, 0.2) is 11.4 Å². The van der Waals surface area contributed by atoms with Crippen LogP contribution in [-0.4, -0.2) is 9.13 Å². The molecule has 0 aliphatic carbocycles. The summed E-state index contributed by atoms with van der Waals surface area (Å²) in [5.41, 5.74) is 3.82. The largest absolute Gasteiger partial charge is 0.416 e. The van der Waals surface area contributed by atoms with Crippen molar-refractivity contribution in [3.05, 3.63) is 154 Å². The maximum Gasteiger partial charge on any atom is 0.416 e. The van der Waals surface area contributed by atoms with Crippen LogP contribution in [0.1, 0.15) is 22.3 Å². The van der Waals surface area contributed by atoms with Crippen molar-refractivity contribution in [3.8, 4) is 40.7 Å². The Labute approximate surface area is 293 Å². The van der Waals surface area contributed by atoms with Crippen LogP contribution in [0.5, 0.6) is 0 Å². The van der Waals surface area contributed by atoms with E-state index in [1.165, 1.54) is 18.2 Å². The third-order valence-electron chi connectivity index (χ3n) is 9.25. The van der Waals surface area contributed by atoms with Crippen LogP contribution in [0, 0.1) is 47.1 Å². The zero-order chi connectivity index (χ0) is 36.3. The molecular formula is C42H18F3N7. The topological polar surface area (TPSA) is 89.9 Å². The molecule has 8 aromatic rings. The number of fused-ring (bicyclic) bond motifs is 6. The smallest absolute Gasteiger partial charge is 0.309 e. The fourth-order valence-electron chi connectivity index (χ4n) is 7.03. The van der Waals surface area contributed by atoms with Crippen LogP contribution < -0.4 is 0 Å². The van der Waals surface area contributed by atoms with Crippen LogP contribution in [0.2, 0.25) is 0 Å². The SMILES string of the molecule is [C-]#[N+]c1ccc2c(c1)c1cc(C#N)ccc1n2-c1cc([N+]#[C-])c(-c2ccccc2C(F)(F)F)cc1-n1c2ccc(C#N)cc2c2cc(C#N)ccc21. The highest BCUT2D eigenvalue weighted by Gasteiger charge is 2.34. The van der Waals surface area contributed by atoms with E-state index in [2.05, 4.69) is 27.9 Å². The minimum atomic E-state index is -4.71. The Balaban J connectivity index is 1.60. The lowest BCUT2D eigenvalue weighted by atomic mass is 9.96. The molecule has 0 amide bonds. The van der Waals surface area contributed by atoms with Crippen molar-refractivity contribution in [1.82, 2.24) is 9.13 Å². The molecule has 0 unspecified atom stereocenters. The lowest BCUT2D eigenvalue weighted by Crippen LogP contribution is -2.08. The summed E-state index contributed by atoms with van der Waals surface area (Å²) in [5.74, 6) is 0. The van der Waals surface area contributed by atoms with Gasteiger partial charge in [-0.3, -0.25) is 0 Å². The molecule has 0 atom stereocenters. The first kappa shape index (κ1) is 31.4. The van der Waals surface area contributed by atoms with Gasteiger partial charge in [0.05, 0.1) is 87.0 Å². The van der Waals surface area contributed by atoms with E-state index in [9.17, 15) is 29.0 Å². The van der Waals surface area contributed by atoms with E-state index in [4.69, 9.17) is 13.1 Å². The number of nitriles is 3. The molecule has 10 heteroatoms. The van der Waals surface area contributed by atoms with Gasteiger partial charge in [-0.05, 0) is 101 Å². The molecule has 2 heterocycles. The molecule has 0 fully saturated rings. The highest BCUT2D eigenvalue weighted by Crippen LogP contribution is 2.46. The van der Waals surface area contributed by atoms with E-state index in [-0.39, 0.29) is 16.8 Å². The molecule has 6 aromatic carbocycles. The van der Waals surface area contributed by atoms with Crippen molar-refractivity contribution in [2.45, 2.75) is 6.18 Å². The van der Waals surface area contributed by atoms with Crippen molar-refractivity contribution in [3.63, 3.8) is 0 Å². The van der Waals surface area contributed by atoms with Crippen LogP contribution >= 0.6 is 0 Å². The highest BCUT2D eigenvalue weighted by molar-refractivity contribution is 6.13. The van der Waals surface area contributed by atoms with E-state index in [0.29, 0.717) is 77.4 Å². The van der Waals surface area contributed by atoms with Gasteiger partial charge in [0.25, 0.3) is 0 Å². The molecule has 7 nitrogen and oxygen atoms in total. The second-order valence-corrected chi connectivity index (χ2v) is 12.0. The molecule has 0 bridgehead atoms. The summed E-state index contributed by atoms with van der Waals surface area (Å²) in [6.45, 7) is 15.9. The second-order valence-electron chi connectivity index (χ2n) is 12.0. The summed E-state index contributed by atoms with van der Waals surface area (Å²) in [5, 5.41) is 31.9. The van der Waals surface area contributed by atoms with Gasteiger partial charge in [-0.15, -0.1) is 0 Å². The minimum absolute atomic E-state index is 0.0313. The number of nitrogens with zero attached hydrogens (tertiary/aromatic N) is 7. The zero-order valence-electron chi connectivity index (χ0n) is 26.7. The van der Waals surface area contributed by atoms with Gasteiger partial charge in [-0.1, -0.05) is 24.3 Å². The van der Waals surface area contributed by atoms with Crippen molar-refractivity contribution in [2.75, 3.05) is 0 Å². The first-order valence-corrected chi connectivity index (χ1v) is 15.7. The third kappa shape index (κ3) is 4.71. The molecule has 0 aliphatic heterocycles. The van der Waals surface area contributed by atoms with Crippen LogP contribution in [0.4, 0.5) is 24.5 Å². The van der Waals surface area contributed by atoms with Crippen molar-refractivity contribution >= 4 is 55.0 Å². The average Bonchev–Trinajstić information content (AvgIpc) is 3.67. The number of rotatable bonds is 3. The van der Waals surface area contributed by atoms with E-state index in [1.54, 1.807) is 84.9 Å². The zero-order valence-corrected chi connectivity index (χ0v) is 26.7. The van der Waals surface area contributed by atoms with Crippen molar-refractivity contribution in [1.29, 1.82) is 15.8 Å². The molecule has 52 heavy (non-hydrogen) atoms. The number of halogens is 3. The van der Waals surface area contributed by atoms with Gasteiger partial charge in [-0.2, -0.15) is 29.0 Å². The predicted molar refractivity (Wildman–Crippen MR) is 192 cm³/mol. The fraction of sp³-hybridized carbons (Fsp3) is 0.0238. The third-order valence-corrected chi connectivity index (χ3v) is 9.25.